The SMILES string of the molecule is COC1OC(CO)C(O)C(OC2OC(C)C(O)C(O)C2O)C1OC1OC(C(=O)O)C(O)C(O)C1O. The van der Waals surface area contributed by atoms with Crippen LogP contribution >= 0.6 is 0 Å². The summed E-state index contributed by atoms with van der Waals surface area (Å²) in [5, 5.41) is 90.1. The van der Waals surface area contributed by atoms with Gasteiger partial charge in [0, 0.05) is 7.11 Å². The Morgan fingerprint density at radius 2 is 1.26 bits per heavy atom. The molecule has 3 aliphatic rings. The minimum atomic E-state index is -1.99. The highest BCUT2D eigenvalue weighted by molar-refractivity contribution is 5.73. The molecule has 3 saturated heterocycles. The fourth-order valence-corrected chi connectivity index (χ4v) is 4.13. The first kappa shape index (κ1) is 28.5. The zero-order valence-electron chi connectivity index (χ0n) is 18.8. The van der Waals surface area contributed by atoms with Gasteiger partial charge in [-0.3, -0.25) is 0 Å². The molecule has 35 heavy (non-hydrogen) atoms. The van der Waals surface area contributed by atoms with Gasteiger partial charge >= 0.3 is 5.97 Å². The zero-order chi connectivity index (χ0) is 26.2. The van der Waals surface area contributed by atoms with Crippen LogP contribution in [0.15, 0.2) is 0 Å². The molecule has 3 rings (SSSR count). The Labute approximate surface area is 198 Å². The average Bonchev–Trinajstić information content (AvgIpc) is 2.83. The number of methoxy groups -OCH3 is 1. The number of carboxylic acids is 1. The van der Waals surface area contributed by atoms with E-state index in [0.717, 1.165) is 7.11 Å². The second-order valence-electron chi connectivity index (χ2n) is 8.57. The quantitative estimate of drug-likeness (QED) is 0.153. The second kappa shape index (κ2) is 11.5. The molecule has 0 radical (unpaired) electrons. The van der Waals surface area contributed by atoms with Gasteiger partial charge in [0.25, 0.3) is 0 Å². The molecule has 3 heterocycles. The van der Waals surface area contributed by atoms with Crippen LogP contribution in [0.4, 0.5) is 0 Å². The van der Waals surface area contributed by atoms with Crippen LogP contribution in [0, 0.1) is 0 Å². The minimum Gasteiger partial charge on any atom is -0.479 e. The van der Waals surface area contributed by atoms with Gasteiger partial charge in [0.1, 0.15) is 61.0 Å². The molecule has 16 heteroatoms. The number of aliphatic hydroxyl groups excluding tert-OH is 8. The van der Waals surface area contributed by atoms with E-state index in [1.54, 1.807) is 0 Å². The van der Waals surface area contributed by atoms with Gasteiger partial charge in [-0.1, -0.05) is 0 Å². The Morgan fingerprint density at radius 3 is 1.80 bits per heavy atom. The summed E-state index contributed by atoms with van der Waals surface area (Å²) in [5.74, 6) is -1.66. The van der Waals surface area contributed by atoms with Crippen molar-refractivity contribution in [3.8, 4) is 0 Å². The Kier molecular flexibility index (Phi) is 9.38. The van der Waals surface area contributed by atoms with E-state index in [0.29, 0.717) is 0 Å². The Bertz CT molecular complexity index is 710. The van der Waals surface area contributed by atoms with Crippen LogP contribution in [0.2, 0.25) is 0 Å². The van der Waals surface area contributed by atoms with Gasteiger partial charge in [0.05, 0.1) is 12.7 Å². The summed E-state index contributed by atoms with van der Waals surface area (Å²) in [6, 6.07) is 0. The van der Waals surface area contributed by atoms with Gasteiger partial charge < -0.3 is 74.4 Å². The maximum Gasteiger partial charge on any atom is 0.335 e. The lowest BCUT2D eigenvalue weighted by atomic mass is 9.96. The third kappa shape index (κ3) is 5.60. The van der Waals surface area contributed by atoms with E-state index in [1.807, 2.05) is 0 Å². The molecule has 3 aliphatic heterocycles. The highest BCUT2D eigenvalue weighted by Gasteiger charge is 2.54. The van der Waals surface area contributed by atoms with E-state index in [4.69, 9.17) is 28.4 Å². The van der Waals surface area contributed by atoms with Crippen LogP contribution in [0.1, 0.15) is 6.92 Å². The predicted molar refractivity (Wildman–Crippen MR) is 105 cm³/mol. The van der Waals surface area contributed by atoms with E-state index in [-0.39, 0.29) is 0 Å². The lowest BCUT2D eigenvalue weighted by Gasteiger charge is -2.48. The van der Waals surface area contributed by atoms with Crippen molar-refractivity contribution in [1.82, 2.24) is 0 Å². The van der Waals surface area contributed by atoms with Gasteiger partial charge in [-0.15, -0.1) is 0 Å². The number of hydrogen-bond acceptors (Lipinski definition) is 15. The Morgan fingerprint density at radius 1 is 0.714 bits per heavy atom. The third-order valence-electron chi connectivity index (χ3n) is 6.23. The number of hydrogen-bond donors (Lipinski definition) is 9. The highest BCUT2D eigenvalue weighted by atomic mass is 16.8. The monoisotopic (exact) mass is 516 g/mol. The fourth-order valence-electron chi connectivity index (χ4n) is 4.13. The largest absolute Gasteiger partial charge is 0.479 e. The summed E-state index contributed by atoms with van der Waals surface area (Å²) < 4.78 is 32.4. The third-order valence-corrected chi connectivity index (χ3v) is 6.23. The van der Waals surface area contributed by atoms with Gasteiger partial charge in [-0.05, 0) is 6.92 Å². The Balaban J connectivity index is 1.88. The van der Waals surface area contributed by atoms with Crippen LogP contribution < -0.4 is 0 Å². The lowest BCUT2D eigenvalue weighted by Crippen LogP contribution is -2.67. The van der Waals surface area contributed by atoms with Crippen molar-refractivity contribution in [3.05, 3.63) is 0 Å². The molecule has 0 aromatic carbocycles. The number of ether oxygens (including phenoxy) is 6. The summed E-state index contributed by atoms with van der Waals surface area (Å²) in [6.07, 6.45) is -24.9. The molecule has 0 amide bonds. The first-order valence-electron chi connectivity index (χ1n) is 10.8. The number of rotatable bonds is 7. The fraction of sp³-hybridized carbons (Fsp3) is 0.947. The summed E-state index contributed by atoms with van der Waals surface area (Å²) in [7, 11) is 1.16. The maximum atomic E-state index is 11.4. The zero-order valence-corrected chi connectivity index (χ0v) is 18.8. The summed E-state index contributed by atoms with van der Waals surface area (Å²) >= 11 is 0. The van der Waals surface area contributed by atoms with Gasteiger partial charge in [0.15, 0.2) is 25.0 Å². The predicted octanol–water partition coefficient (Wildman–Crippen LogP) is -5.80. The van der Waals surface area contributed by atoms with E-state index in [2.05, 4.69) is 0 Å². The highest BCUT2D eigenvalue weighted by Crippen LogP contribution is 2.33. The van der Waals surface area contributed by atoms with Crippen molar-refractivity contribution >= 4 is 5.97 Å². The molecule has 15 atom stereocenters. The number of aliphatic carboxylic acids is 1. The molecule has 16 nitrogen and oxygen atoms in total. The van der Waals surface area contributed by atoms with Crippen LogP contribution in [-0.2, 0) is 33.2 Å². The standard InChI is InChI=1S/C19H32O16/c1-4-6(21)8(23)11(26)17(31-4)33-13-7(22)5(3-20)32-19(30-2)15(13)35-18-12(27)9(24)10(25)14(34-18)16(28)29/h4-15,17-27H,3H2,1-2H3,(H,28,29). The molecule has 0 aromatic rings. The van der Waals surface area contributed by atoms with E-state index < -0.39 is 105 Å². The molecular formula is C19H32O16. The van der Waals surface area contributed by atoms with Crippen LogP contribution in [0.3, 0.4) is 0 Å². The first-order chi connectivity index (χ1) is 16.4. The molecule has 3 fully saturated rings. The summed E-state index contributed by atoms with van der Waals surface area (Å²) in [6.45, 7) is 0.679. The van der Waals surface area contributed by atoms with Gasteiger partial charge in [-0.2, -0.15) is 0 Å². The number of carboxylic acid groups (broad SMARTS) is 1. The van der Waals surface area contributed by atoms with Crippen molar-refractivity contribution in [1.29, 1.82) is 0 Å². The van der Waals surface area contributed by atoms with Gasteiger partial charge in [-0.25, -0.2) is 4.79 Å². The molecule has 204 valence electrons. The van der Waals surface area contributed by atoms with Crippen molar-refractivity contribution in [3.63, 3.8) is 0 Å². The Hall–Kier alpha value is -1.09. The van der Waals surface area contributed by atoms with Crippen molar-refractivity contribution in [2.75, 3.05) is 13.7 Å². The molecular weight excluding hydrogens is 484 g/mol. The van der Waals surface area contributed by atoms with E-state index in [1.165, 1.54) is 6.92 Å². The molecule has 9 N–H and O–H groups in total. The molecule has 0 aromatic heterocycles. The van der Waals surface area contributed by atoms with Gasteiger partial charge in [0.2, 0.25) is 0 Å². The summed E-state index contributed by atoms with van der Waals surface area (Å²) in [4.78, 5) is 11.4. The molecule has 0 spiro atoms. The van der Waals surface area contributed by atoms with Crippen molar-refractivity contribution in [2.24, 2.45) is 0 Å². The minimum absolute atomic E-state index is 0.714. The number of carbonyl (C=O) groups is 1. The van der Waals surface area contributed by atoms with Crippen molar-refractivity contribution in [2.45, 2.75) is 99.0 Å². The molecule has 15 unspecified atom stereocenters. The normalized spacial score (nSPS) is 51.2. The lowest BCUT2D eigenvalue weighted by molar-refractivity contribution is -0.386. The van der Waals surface area contributed by atoms with Crippen LogP contribution in [-0.4, -0.2) is 158 Å². The van der Waals surface area contributed by atoms with E-state index >= 15 is 0 Å². The van der Waals surface area contributed by atoms with E-state index in [9.17, 15) is 50.8 Å². The number of aliphatic hydroxyl groups is 8. The molecule has 0 aliphatic carbocycles. The van der Waals surface area contributed by atoms with Crippen LogP contribution in [0.25, 0.3) is 0 Å². The topological polar surface area (TPSA) is 255 Å². The molecule has 0 saturated carbocycles. The second-order valence-corrected chi connectivity index (χ2v) is 8.57. The maximum absolute atomic E-state index is 11.4. The van der Waals surface area contributed by atoms with Crippen molar-refractivity contribution < 1.29 is 79.2 Å². The average molecular weight is 516 g/mol. The summed E-state index contributed by atoms with van der Waals surface area (Å²) in [5.41, 5.74) is 0. The van der Waals surface area contributed by atoms with Crippen LogP contribution in [0.5, 0.6) is 0 Å². The smallest absolute Gasteiger partial charge is 0.335 e. The first-order valence-corrected chi connectivity index (χ1v) is 10.8. The molecule has 0 bridgehead atoms.